The van der Waals surface area contributed by atoms with Crippen LogP contribution >= 0.6 is 34.8 Å². The number of hydrogen-bond acceptors (Lipinski definition) is 7. The van der Waals surface area contributed by atoms with Crippen LogP contribution in [0.2, 0.25) is 0 Å². The van der Waals surface area contributed by atoms with E-state index in [1.807, 2.05) is 0 Å². The van der Waals surface area contributed by atoms with Crippen molar-refractivity contribution >= 4 is 58.7 Å². The number of nitrogens with zero attached hydrogens (tertiary/aromatic N) is 2. The van der Waals surface area contributed by atoms with Crippen LogP contribution in [0.4, 0.5) is 4.79 Å². The Labute approximate surface area is 215 Å². The van der Waals surface area contributed by atoms with Crippen molar-refractivity contribution < 1.29 is 28.7 Å². The smallest absolute Gasteiger partial charge is 0.410 e. The summed E-state index contributed by atoms with van der Waals surface area (Å²) in [6.45, 7) is 10.2. The third-order valence-corrected chi connectivity index (χ3v) is 5.17. The predicted octanol–water partition coefficient (Wildman–Crippen LogP) is 2.79. The number of hydrazine groups is 1. The van der Waals surface area contributed by atoms with Crippen molar-refractivity contribution in [1.82, 2.24) is 20.7 Å². The highest BCUT2D eigenvalue weighted by molar-refractivity contribution is 6.67. The highest BCUT2D eigenvalue weighted by atomic mass is 35.6. The first kappa shape index (κ1) is 30.5. The van der Waals surface area contributed by atoms with Crippen LogP contribution in [0, 0.1) is 5.92 Å². The maximum Gasteiger partial charge on any atom is 0.410 e. The Morgan fingerprint density at radius 2 is 1.74 bits per heavy atom. The summed E-state index contributed by atoms with van der Waals surface area (Å²) in [4.78, 5) is 51.8. The van der Waals surface area contributed by atoms with Gasteiger partial charge in [0.1, 0.15) is 30.3 Å². The molecule has 1 rings (SSSR count). The minimum absolute atomic E-state index is 0.245. The molecule has 1 heterocycles. The zero-order valence-electron chi connectivity index (χ0n) is 20.6. The average molecular weight is 546 g/mol. The number of carbonyl (C=O) groups excluding carboxylic acids is 4. The monoisotopic (exact) mass is 544 g/mol. The van der Waals surface area contributed by atoms with Crippen LogP contribution in [0.1, 0.15) is 54.4 Å². The Balaban J connectivity index is 2.78. The zero-order valence-corrected chi connectivity index (χ0v) is 22.9. The lowest BCUT2D eigenvalue weighted by Crippen LogP contribution is -2.61. The van der Waals surface area contributed by atoms with Gasteiger partial charge in [0.15, 0.2) is 0 Å². The molecule has 0 unspecified atom stereocenters. The second kappa shape index (κ2) is 12.5. The number of nitrogens with one attached hydrogen (secondary N) is 2. The summed E-state index contributed by atoms with van der Waals surface area (Å²) in [5.41, 5.74) is 2.09. The maximum absolute atomic E-state index is 13.0. The van der Waals surface area contributed by atoms with Gasteiger partial charge < -0.3 is 14.8 Å². The molecule has 3 amide bonds. The Morgan fingerprint density at radius 1 is 1.15 bits per heavy atom. The molecule has 1 saturated heterocycles. The molecule has 0 spiro atoms. The van der Waals surface area contributed by atoms with E-state index < -0.39 is 58.0 Å². The Hall–Kier alpha value is -1.49. The van der Waals surface area contributed by atoms with Gasteiger partial charge in [-0.15, -0.1) is 0 Å². The molecule has 0 bridgehead atoms. The van der Waals surface area contributed by atoms with Gasteiger partial charge in [-0.3, -0.25) is 24.3 Å². The Morgan fingerprint density at radius 3 is 2.24 bits per heavy atom. The molecular weight excluding hydrogens is 511 g/mol. The largest absolute Gasteiger partial charge is 0.460 e. The minimum Gasteiger partial charge on any atom is -0.460 e. The van der Waals surface area contributed by atoms with E-state index >= 15 is 0 Å². The summed E-state index contributed by atoms with van der Waals surface area (Å²) in [5.74, 6) is -1.85. The van der Waals surface area contributed by atoms with Gasteiger partial charge in [0.25, 0.3) is 5.91 Å². The van der Waals surface area contributed by atoms with E-state index in [0.29, 0.717) is 19.4 Å². The molecule has 0 saturated carbocycles. The van der Waals surface area contributed by atoms with E-state index in [0.717, 1.165) is 0 Å². The van der Waals surface area contributed by atoms with Crippen molar-refractivity contribution in [2.45, 2.75) is 81.9 Å². The van der Waals surface area contributed by atoms with Gasteiger partial charge in [-0.1, -0.05) is 48.7 Å². The van der Waals surface area contributed by atoms with Crippen LogP contribution < -0.4 is 10.7 Å². The molecule has 34 heavy (non-hydrogen) atoms. The van der Waals surface area contributed by atoms with Gasteiger partial charge in [0.2, 0.25) is 9.70 Å². The number of likely N-dealkylation sites (N-methyl/N-ethyl adjacent to an activating group) is 1. The number of hydrogen-bond donors (Lipinski definition) is 2. The van der Waals surface area contributed by atoms with Crippen LogP contribution in [0.5, 0.6) is 0 Å². The third kappa shape index (κ3) is 10.0. The highest BCUT2D eigenvalue weighted by Crippen LogP contribution is 2.26. The van der Waals surface area contributed by atoms with Gasteiger partial charge in [-0.25, -0.2) is 10.2 Å². The molecule has 0 aromatic rings. The highest BCUT2D eigenvalue weighted by Gasteiger charge is 2.36. The standard InChI is InChI=1S/C21H35Cl3N4O6/c1-12(2)15(27(7)19(32)34-20(4,5)6)16(29)25-13(3)17(30)28-10-8-9-14(26-28)18(31)33-11-21(22,23)24/h12-15,26H,8-11H2,1-7H3,(H,25,29)/t13-,14-,15-/m0/s1. The molecule has 0 aromatic heterocycles. The second-order valence-corrected chi connectivity index (χ2v) is 12.1. The summed E-state index contributed by atoms with van der Waals surface area (Å²) < 4.78 is 8.60. The zero-order chi connectivity index (χ0) is 26.4. The molecule has 10 nitrogen and oxygen atoms in total. The molecule has 13 heteroatoms. The number of ether oxygens (including phenoxy) is 2. The van der Waals surface area contributed by atoms with Crippen molar-refractivity contribution in [1.29, 1.82) is 0 Å². The molecule has 1 aliphatic rings. The van der Waals surface area contributed by atoms with Crippen LogP contribution in [0.3, 0.4) is 0 Å². The van der Waals surface area contributed by atoms with Gasteiger partial charge in [-0.05, 0) is 46.5 Å². The van der Waals surface area contributed by atoms with Gasteiger partial charge in [0, 0.05) is 13.6 Å². The fraction of sp³-hybridized carbons (Fsp3) is 0.810. The van der Waals surface area contributed by atoms with Crippen LogP contribution in [0.25, 0.3) is 0 Å². The normalized spacial score (nSPS) is 18.7. The number of halogens is 3. The summed E-state index contributed by atoms with van der Waals surface area (Å²) in [5, 5.41) is 3.92. The van der Waals surface area contributed by atoms with Crippen molar-refractivity contribution in [2.75, 3.05) is 20.2 Å². The van der Waals surface area contributed by atoms with Crippen molar-refractivity contribution in [2.24, 2.45) is 5.92 Å². The summed E-state index contributed by atoms with van der Waals surface area (Å²) in [7, 11) is 1.48. The summed E-state index contributed by atoms with van der Waals surface area (Å²) in [6, 6.07) is -2.58. The predicted molar refractivity (Wildman–Crippen MR) is 129 cm³/mol. The molecule has 2 N–H and O–H groups in total. The lowest BCUT2D eigenvalue weighted by atomic mass is 10.0. The number of carbonyl (C=O) groups is 4. The lowest BCUT2D eigenvalue weighted by molar-refractivity contribution is -0.153. The van der Waals surface area contributed by atoms with Gasteiger partial charge >= 0.3 is 12.1 Å². The molecule has 0 aliphatic carbocycles. The number of rotatable bonds is 7. The first-order valence-electron chi connectivity index (χ1n) is 11.0. The van der Waals surface area contributed by atoms with Crippen molar-refractivity contribution in [3.05, 3.63) is 0 Å². The Kier molecular flexibility index (Phi) is 11.2. The summed E-state index contributed by atoms with van der Waals surface area (Å²) >= 11 is 16.8. The molecule has 3 atom stereocenters. The lowest BCUT2D eigenvalue weighted by Gasteiger charge is -2.35. The maximum atomic E-state index is 13.0. The first-order chi connectivity index (χ1) is 15.4. The second-order valence-electron chi connectivity index (χ2n) is 9.55. The topological polar surface area (TPSA) is 117 Å². The minimum atomic E-state index is -1.74. The first-order valence-corrected chi connectivity index (χ1v) is 12.1. The molecule has 0 aromatic carbocycles. The quantitative estimate of drug-likeness (QED) is 0.373. The molecule has 1 fully saturated rings. The molecule has 1 aliphatic heterocycles. The van der Waals surface area contributed by atoms with Gasteiger partial charge in [-0.2, -0.15) is 0 Å². The average Bonchev–Trinajstić information content (AvgIpc) is 2.69. The van der Waals surface area contributed by atoms with E-state index in [1.54, 1.807) is 34.6 Å². The van der Waals surface area contributed by atoms with E-state index in [9.17, 15) is 19.2 Å². The van der Waals surface area contributed by atoms with Crippen molar-refractivity contribution in [3.63, 3.8) is 0 Å². The van der Waals surface area contributed by atoms with Crippen LogP contribution in [0.15, 0.2) is 0 Å². The van der Waals surface area contributed by atoms with E-state index in [4.69, 9.17) is 44.3 Å². The van der Waals surface area contributed by atoms with Crippen molar-refractivity contribution in [3.8, 4) is 0 Å². The number of esters is 1. The number of amides is 3. The molecule has 0 radical (unpaired) electrons. The van der Waals surface area contributed by atoms with E-state index in [2.05, 4.69) is 10.7 Å². The molecular formula is C21H35Cl3N4O6. The van der Waals surface area contributed by atoms with E-state index in [1.165, 1.54) is 23.9 Å². The van der Waals surface area contributed by atoms with Gasteiger partial charge in [0.05, 0.1) is 0 Å². The van der Waals surface area contributed by atoms with E-state index in [-0.39, 0.29) is 5.92 Å². The summed E-state index contributed by atoms with van der Waals surface area (Å²) in [6.07, 6.45) is 0.316. The van der Waals surface area contributed by atoms with Crippen LogP contribution in [-0.2, 0) is 23.9 Å². The number of alkyl halides is 3. The SMILES string of the molecule is CC(C)[C@@H](C(=O)N[C@@H](C)C(=O)N1CCC[C@@H](C(=O)OCC(Cl)(Cl)Cl)N1)N(C)C(=O)OC(C)(C)C. The van der Waals surface area contributed by atoms with Crippen LogP contribution in [-0.4, -0.2) is 81.5 Å². The third-order valence-electron chi connectivity index (χ3n) is 4.84. The fourth-order valence-corrected chi connectivity index (χ4v) is 3.50. The molecule has 196 valence electrons. The fourth-order valence-electron chi connectivity index (χ4n) is 3.34. The Bertz CT molecular complexity index is 754.